The van der Waals surface area contributed by atoms with Crippen LogP contribution in [-0.2, 0) is 23.1 Å². The quantitative estimate of drug-likeness (QED) is 0.404. The molecule has 0 aromatic carbocycles. The third kappa shape index (κ3) is 3.66. The first-order chi connectivity index (χ1) is 6.91. The minimum absolute atomic E-state index is 0.139. The second-order valence-corrected chi connectivity index (χ2v) is 5.04. The highest BCUT2D eigenvalue weighted by atomic mass is 31.2. The third-order valence-corrected chi connectivity index (χ3v) is 3.40. The summed E-state index contributed by atoms with van der Waals surface area (Å²) in [4.78, 5) is 12.9. The SMILES string of the molecule is COC(=O)C(=CN(C)C)P(=O)(OC)OC. The highest BCUT2D eigenvalue weighted by Crippen LogP contribution is 2.54. The number of rotatable bonds is 5. The zero-order chi connectivity index (χ0) is 12.1. The summed E-state index contributed by atoms with van der Waals surface area (Å²) in [6, 6.07) is 0. The molecule has 15 heavy (non-hydrogen) atoms. The van der Waals surface area contributed by atoms with Crippen LogP contribution in [0, 0.1) is 0 Å². The molecule has 7 heteroatoms. The molecule has 0 atom stereocenters. The van der Waals surface area contributed by atoms with E-state index >= 15 is 0 Å². The molecule has 0 amide bonds. The van der Waals surface area contributed by atoms with Crippen LogP contribution in [0.4, 0.5) is 0 Å². The second-order valence-electron chi connectivity index (χ2n) is 2.83. The van der Waals surface area contributed by atoms with Crippen LogP contribution in [0.3, 0.4) is 0 Å². The average Bonchev–Trinajstić information content (AvgIpc) is 2.23. The van der Waals surface area contributed by atoms with E-state index in [0.29, 0.717) is 0 Å². The lowest BCUT2D eigenvalue weighted by atomic mass is 10.6. The zero-order valence-electron chi connectivity index (χ0n) is 9.51. The highest BCUT2D eigenvalue weighted by Gasteiger charge is 2.34. The van der Waals surface area contributed by atoms with Gasteiger partial charge < -0.3 is 18.7 Å². The Labute approximate surface area is 89.3 Å². The van der Waals surface area contributed by atoms with E-state index in [4.69, 9.17) is 9.05 Å². The molecule has 0 heterocycles. The number of hydrogen-bond acceptors (Lipinski definition) is 6. The van der Waals surface area contributed by atoms with Crippen LogP contribution in [0.1, 0.15) is 0 Å². The fourth-order valence-corrected chi connectivity index (χ4v) is 2.09. The van der Waals surface area contributed by atoms with Crippen LogP contribution >= 0.6 is 7.60 Å². The topological polar surface area (TPSA) is 65.1 Å². The number of methoxy groups -OCH3 is 1. The summed E-state index contributed by atoms with van der Waals surface area (Å²) in [5.41, 5.74) is 0. The van der Waals surface area contributed by atoms with Gasteiger partial charge in [-0.15, -0.1) is 0 Å². The van der Waals surface area contributed by atoms with Crippen molar-refractivity contribution in [3.8, 4) is 0 Å². The zero-order valence-corrected chi connectivity index (χ0v) is 10.4. The van der Waals surface area contributed by atoms with Gasteiger partial charge in [0.1, 0.15) is 0 Å². The molecule has 0 bridgehead atoms. The molecule has 0 spiro atoms. The van der Waals surface area contributed by atoms with Gasteiger partial charge in [-0.25, -0.2) is 4.79 Å². The Morgan fingerprint density at radius 1 is 1.20 bits per heavy atom. The first-order valence-electron chi connectivity index (χ1n) is 4.10. The number of hydrogen-bond donors (Lipinski definition) is 0. The van der Waals surface area contributed by atoms with Crippen LogP contribution in [0.25, 0.3) is 0 Å². The number of nitrogens with zero attached hydrogens (tertiary/aromatic N) is 1. The molecule has 0 saturated carbocycles. The van der Waals surface area contributed by atoms with Crippen molar-refractivity contribution in [2.24, 2.45) is 0 Å². The fraction of sp³-hybridized carbons (Fsp3) is 0.625. The van der Waals surface area contributed by atoms with Crippen LogP contribution in [0.2, 0.25) is 0 Å². The smallest absolute Gasteiger partial charge is 0.369 e. The standard InChI is InChI=1S/C8H16NO5P/c1-9(2)6-7(8(10)12-3)15(11,13-4)14-5/h6H,1-5H3. The highest BCUT2D eigenvalue weighted by molar-refractivity contribution is 7.59. The lowest BCUT2D eigenvalue weighted by Gasteiger charge is -2.17. The van der Waals surface area contributed by atoms with Gasteiger partial charge in [0.2, 0.25) is 0 Å². The summed E-state index contributed by atoms with van der Waals surface area (Å²) in [6.07, 6.45) is 1.35. The lowest BCUT2D eigenvalue weighted by molar-refractivity contribution is -0.135. The largest absolute Gasteiger partial charge is 0.465 e. The summed E-state index contributed by atoms with van der Waals surface area (Å²) >= 11 is 0. The van der Waals surface area contributed by atoms with E-state index in [1.165, 1.54) is 27.5 Å². The van der Waals surface area contributed by atoms with E-state index in [9.17, 15) is 9.36 Å². The van der Waals surface area contributed by atoms with E-state index in [0.717, 1.165) is 0 Å². The van der Waals surface area contributed by atoms with Gasteiger partial charge >= 0.3 is 13.6 Å². The van der Waals surface area contributed by atoms with Crippen molar-refractivity contribution in [1.82, 2.24) is 4.90 Å². The van der Waals surface area contributed by atoms with Gasteiger partial charge in [-0.3, -0.25) is 4.57 Å². The average molecular weight is 237 g/mol. The second kappa shape index (κ2) is 5.90. The van der Waals surface area contributed by atoms with Crippen LogP contribution in [-0.4, -0.2) is 46.3 Å². The molecule has 0 aliphatic rings. The summed E-state index contributed by atoms with van der Waals surface area (Å²) in [7, 11) is 3.39. The molecule has 88 valence electrons. The van der Waals surface area contributed by atoms with Crippen molar-refractivity contribution in [3.63, 3.8) is 0 Å². The van der Waals surface area contributed by atoms with Gasteiger partial charge in [-0.2, -0.15) is 0 Å². The Morgan fingerprint density at radius 2 is 1.67 bits per heavy atom. The van der Waals surface area contributed by atoms with Crippen molar-refractivity contribution < 1.29 is 23.1 Å². The Morgan fingerprint density at radius 3 is 1.93 bits per heavy atom. The van der Waals surface area contributed by atoms with Crippen LogP contribution in [0.5, 0.6) is 0 Å². The van der Waals surface area contributed by atoms with Gasteiger partial charge in [-0.05, 0) is 0 Å². The van der Waals surface area contributed by atoms with Crippen molar-refractivity contribution >= 4 is 13.6 Å². The maximum absolute atomic E-state index is 11.9. The Balaban J connectivity index is 5.29. The molecule has 0 N–H and O–H groups in total. The van der Waals surface area contributed by atoms with E-state index in [1.54, 1.807) is 19.0 Å². The summed E-state index contributed by atoms with van der Waals surface area (Å²) in [6.45, 7) is 0. The third-order valence-electron chi connectivity index (χ3n) is 1.55. The Kier molecular flexibility index (Phi) is 5.57. The van der Waals surface area contributed by atoms with E-state index in [-0.39, 0.29) is 5.31 Å². The first-order valence-corrected chi connectivity index (χ1v) is 5.64. The first kappa shape index (κ1) is 14.2. The predicted molar refractivity (Wildman–Crippen MR) is 55.4 cm³/mol. The molecule has 6 nitrogen and oxygen atoms in total. The van der Waals surface area contributed by atoms with Crippen LogP contribution in [0.15, 0.2) is 11.5 Å². The molecule has 0 aliphatic heterocycles. The number of carbonyl (C=O) groups excluding carboxylic acids is 1. The summed E-state index contributed by atoms with van der Waals surface area (Å²) < 4.78 is 25.9. The molecule has 0 unspecified atom stereocenters. The van der Waals surface area contributed by atoms with E-state index in [1.807, 2.05) is 0 Å². The van der Waals surface area contributed by atoms with Crippen molar-refractivity contribution in [3.05, 3.63) is 11.5 Å². The Bertz CT molecular complexity index is 291. The maximum atomic E-state index is 11.9. The van der Waals surface area contributed by atoms with Crippen LogP contribution < -0.4 is 0 Å². The predicted octanol–water partition coefficient (Wildman–Crippen LogP) is 1.05. The summed E-state index contributed by atoms with van der Waals surface area (Å²) in [5, 5.41) is -0.139. The van der Waals surface area contributed by atoms with Crippen molar-refractivity contribution in [2.75, 3.05) is 35.4 Å². The van der Waals surface area contributed by atoms with Gasteiger partial charge in [0.15, 0.2) is 5.31 Å². The van der Waals surface area contributed by atoms with Gasteiger partial charge in [0.05, 0.1) is 7.11 Å². The normalized spacial score (nSPS) is 12.5. The van der Waals surface area contributed by atoms with E-state index < -0.39 is 13.6 Å². The molecular formula is C8H16NO5P. The Hall–Kier alpha value is -0.840. The van der Waals surface area contributed by atoms with Crippen molar-refractivity contribution in [2.45, 2.75) is 0 Å². The fourth-order valence-electron chi connectivity index (χ4n) is 0.856. The molecule has 0 aromatic rings. The van der Waals surface area contributed by atoms with Gasteiger partial charge in [-0.1, -0.05) is 0 Å². The molecule has 0 rings (SSSR count). The molecular weight excluding hydrogens is 221 g/mol. The van der Waals surface area contributed by atoms with Gasteiger partial charge in [0, 0.05) is 34.5 Å². The molecule has 0 fully saturated rings. The minimum atomic E-state index is -3.57. The number of carbonyl (C=O) groups is 1. The van der Waals surface area contributed by atoms with Gasteiger partial charge in [0.25, 0.3) is 0 Å². The number of ether oxygens (including phenoxy) is 1. The number of esters is 1. The molecule has 0 aromatic heterocycles. The molecule has 0 saturated heterocycles. The maximum Gasteiger partial charge on any atom is 0.369 e. The monoisotopic (exact) mass is 237 g/mol. The summed E-state index contributed by atoms with van der Waals surface area (Å²) in [5.74, 6) is -0.740. The van der Waals surface area contributed by atoms with E-state index in [2.05, 4.69) is 4.74 Å². The lowest BCUT2D eigenvalue weighted by Crippen LogP contribution is -2.12. The minimum Gasteiger partial charge on any atom is -0.465 e. The molecule has 0 aliphatic carbocycles. The molecule has 0 radical (unpaired) electrons. The van der Waals surface area contributed by atoms with Crippen molar-refractivity contribution in [1.29, 1.82) is 0 Å².